The van der Waals surface area contributed by atoms with Gasteiger partial charge in [-0.1, -0.05) is 12.1 Å². The van der Waals surface area contributed by atoms with Crippen molar-refractivity contribution in [1.82, 2.24) is 15.1 Å². The smallest absolute Gasteiger partial charge is 0.193 e. The van der Waals surface area contributed by atoms with E-state index in [9.17, 15) is 0 Å². The lowest BCUT2D eigenvalue weighted by atomic mass is 10.1. The summed E-state index contributed by atoms with van der Waals surface area (Å²) < 4.78 is 11.1. The minimum atomic E-state index is 0.370. The first-order valence-electron chi connectivity index (χ1n) is 12.2. The summed E-state index contributed by atoms with van der Waals surface area (Å²) in [7, 11) is 3.63. The van der Waals surface area contributed by atoms with Crippen molar-refractivity contribution in [3.63, 3.8) is 0 Å². The van der Waals surface area contributed by atoms with Crippen LogP contribution in [0.2, 0.25) is 0 Å². The highest BCUT2D eigenvalue weighted by molar-refractivity contribution is 5.79. The number of ether oxygens (including phenoxy) is 2. The molecule has 0 saturated carbocycles. The Morgan fingerprint density at radius 2 is 1.81 bits per heavy atom. The molecule has 2 heterocycles. The van der Waals surface area contributed by atoms with Crippen LogP contribution in [-0.2, 0) is 9.47 Å². The van der Waals surface area contributed by atoms with Crippen molar-refractivity contribution in [2.75, 3.05) is 84.6 Å². The lowest BCUT2D eigenvalue weighted by molar-refractivity contribution is 0.00990. The number of methoxy groups -OCH3 is 1. The van der Waals surface area contributed by atoms with Gasteiger partial charge in [0.25, 0.3) is 0 Å². The molecule has 0 atom stereocenters. The Bertz CT molecular complexity index is 710. The van der Waals surface area contributed by atoms with Crippen LogP contribution in [0.1, 0.15) is 30.4 Å². The van der Waals surface area contributed by atoms with E-state index in [1.165, 1.54) is 16.8 Å². The van der Waals surface area contributed by atoms with E-state index >= 15 is 0 Å². The van der Waals surface area contributed by atoms with Gasteiger partial charge in [-0.25, -0.2) is 0 Å². The molecular formula is C25H43N5O2. The highest BCUT2D eigenvalue weighted by Gasteiger charge is 2.22. The number of benzene rings is 1. The number of nitrogens with one attached hydrogen (secondary N) is 1. The third kappa shape index (κ3) is 7.09. The second-order valence-corrected chi connectivity index (χ2v) is 8.93. The second kappa shape index (κ2) is 13.0. The van der Waals surface area contributed by atoms with E-state index in [2.05, 4.69) is 57.1 Å². The Balaban J connectivity index is 1.33. The van der Waals surface area contributed by atoms with E-state index < -0.39 is 0 Å². The van der Waals surface area contributed by atoms with Crippen molar-refractivity contribution in [3.8, 4) is 0 Å². The second-order valence-electron chi connectivity index (χ2n) is 8.93. The molecule has 0 amide bonds. The molecule has 1 N–H and O–H groups in total. The van der Waals surface area contributed by atoms with Crippen molar-refractivity contribution in [3.05, 3.63) is 29.3 Å². The topological polar surface area (TPSA) is 52.6 Å². The Morgan fingerprint density at radius 1 is 1.06 bits per heavy atom. The number of nitrogens with zero attached hydrogens (tertiary/aromatic N) is 4. The molecule has 2 saturated heterocycles. The number of guanidine groups is 1. The van der Waals surface area contributed by atoms with Gasteiger partial charge in [0.05, 0.1) is 6.10 Å². The summed E-state index contributed by atoms with van der Waals surface area (Å²) in [5.41, 5.74) is 4.19. The molecule has 7 heteroatoms. The average Bonchev–Trinajstić information content (AvgIpc) is 2.82. The van der Waals surface area contributed by atoms with Crippen LogP contribution in [-0.4, -0.2) is 102 Å². The minimum Gasteiger partial charge on any atom is -0.385 e. The molecule has 0 spiro atoms. The molecule has 32 heavy (non-hydrogen) atoms. The molecule has 7 nitrogen and oxygen atoms in total. The third-order valence-corrected chi connectivity index (χ3v) is 6.80. The van der Waals surface area contributed by atoms with Crippen LogP contribution in [0.25, 0.3) is 0 Å². The van der Waals surface area contributed by atoms with Crippen LogP contribution < -0.4 is 10.2 Å². The highest BCUT2D eigenvalue weighted by Crippen LogP contribution is 2.23. The Labute approximate surface area is 194 Å². The molecule has 0 aromatic heterocycles. The lowest BCUT2D eigenvalue weighted by Crippen LogP contribution is -2.51. The van der Waals surface area contributed by atoms with Gasteiger partial charge in [-0.15, -0.1) is 0 Å². The summed E-state index contributed by atoms with van der Waals surface area (Å²) in [6, 6.07) is 6.64. The van der Waals surface area contributed by atoms with Gasteiger partial charge < -0.3 is 24.6 Å². The quantitative estimate of drug-likeness (QED) is 0.358. The van der Waals surface area contributed by atoms with Crippen LogP contribution in [0.15, 0.2) is 23.2 Å². The van der Waals surface area contributed by atoms with Gasteiger partial charge in [0.15, 0.2) is 5.96 Å². The van der Waals surface area contributed by atoms with Crippen molar-refractivity contribution in [2.45, 2.75) is 39.2 Å². The number of rotatable bonds is 9. The van der Waals surface area contributed by atoms with Gasteiger partial charge in [0.2, 0.25) is 0 Å². The predicted molar refractivity (Wildman–Crippen MR) is 133 cm³/mol. The number of piperazine rings is 1. The highest BCUT2D eigenvalue weighted by atomic mass is 16.5. The van der Waals surface area contributed by atoms with Crippen LogP contribution in [0.5, 0.6) is 0 Å². The largest absolute Gasteiger partial charge is 0.385 e. The summed E-state index contributed by atoms with van der Waals surface area (Å²) in [6.45, 7) is 14.4. The molecule has 2 aliphatic heterocycles. The Hall–Kier alpha value is -1.83. The van der Waals surface area contributed by atoms with Gasteiger partial charge in [0.1, 0.15) is 0 Å². The summed E-state index contributed by atoms with van der Waals surface area (Å²) in [4.78, 5) is 12.0. The molecule has 0 unspecified atom stereocenters. The fraction of sp³-hybridized carbons (Fsp3) is 0.720. The third-order valence-electron chi connectivity index (χ3n) is 6.80. The molecule has 1 aromatic rings. The Morgan fingerprint density at radius 3 is 2.50 bits per heavy atom. The maximum atomic E-state index is 5.98. The number of hydrogen-bond donors (Lipinski definition) is 1. The molecule has 3 rings (SSSR count). The van der Waals surface area contributed by atoms with Crippen molar-refractivity contribution in [2.24, 2.45) is 4.99 Å². The van der Waals surface area contributed by atoms with Crippen molar-refractivity contribution < 1.29 is 9.47 Å². The average molecular weight is 446 g/mol. The van der Waals surface area contributed by atoms with E-state index in [1.54, 1.807) is 7.11 Å². The minimum absolute atomic E-state index is 0.370. The van der Waals surface area contributed by atoms with Crippen molar-refractivity contribution >= 4 is 11.6 Å². The molecule has 0 aliphatic carbocycles. The molecule has 180 valence electrons. The fourth-order valence-electron chi connectivity index (χ4n) is 4.64. The van der Waals surface area contributed by atoms with Gasteiger partial charge >= 0.3 is 0 Å². The number of aliphatic imine (C=N–C) groups is 1. The molecule has 1 aromatic carbocycles. The van der Waals surface area contributed by atoms with Crippen LogP contribution in [0.4, 0.5) is 5.69 Å². The standard InChI is InChI=1S/C25H43N5O2/c1-21-7-5-8-24(22(21)2)29-17-15-28(16-18-29)14-11-27-25(26-3)30-12-9-23(10-13-30)32-20-6-19-31-4/h5,7-8,23H,6,9-20H2,1-4H3,(H,26,27). The van der Waals surface area contributed by atoms with Gasteiger partial charge in [0, 0.05) is 85.4 Å². The first-order chi connectivity index (χ1) is 15.6. The molecule has 2 aliphatic rings. The van der Waals surface area contributed by atoms with E-state index in [4.69, 9.17) is 9.47 Å². The van der Waals surface area contributed by atoms with Crippen molar-refractivity contribution in [1.29, 1.82) is 0 Å². The maximum Gasteiger partial charge on any atom is 0.193 e. The first kappa shape index (κ1) is 24.8. The molecule has 0 radical (unpaired) electrons. The molecule has 0 bridgehead atoms. The molecular weight excluding hydrogens is 402 g/mol. The van der Waals surface area contributed by atoms with E-state index in [0.29, 0.717) is 6.10 Å². The van der Waals surface area contributed by atoms with Crippen LogP contribution >= 0.6 is 0 Å². The number of likely N-dealkylation sites (tertiary alicyclic amines) is 1. The van der Waals surface area contributed by atoms with E-state index in [0.717, 1.165) is 90.8 Å². The normalized spacial score (nSPS) is 18.9. The monoisotopic (exact) mass is 445 g/mol. The first-order valence-corrected chi connectivity index (χ1v) is 12.2. The zero-order valence-corrected chi connectivity index (χ0v) is 20.6. The number of aryl methyl sites for hydroxylation is 1. The van der Waals surface area contributed by atoms with Gasteiger partial charge in [-0.05, 0) is 50.3 Å². The summed E-state index contributed by atoms with van der Waals surface area (Å²) in [6.07, 6.45) is 3.47. The maximum absolute atomic E-state index is 5.98. The summed E-state index contributed by atoms with van der Waals surface area (Å²) >= 11 is 0. The lowest BCUT2D eigenvalue weighted by Gasteiger charge is -2.37. The number of hydrogen-bond acceptors (Lipinski definition) is 5. The summed E-state index contributed by atoms with van der Waals surface area (Å²) in [5, 5.41) is 3.58. The van der Waals surface area contributed by atoms with Gasteiger partial charge in [-0.3, -0.25) is 9.89 Å². The van der Waals surface area contributed by atoms with E-state index in [1.807, 2.05) is 7.05 Å². The fourth-order valence-corrected chi connectivity index (χ4v) is 4.64. The number of piperidine rings is 1. The zero-order valence-electron chi connectivity index (χ0n) is 20.6. The van der Waals surface area contributed by atoms with Gasteiger partial charge in [-0.2, -0.15) is 0 Å². The Kier molecular flexibility index (Phi) is 10.1. The summed E-state index contributed by atoms with van der Waals surface area (Å²) in [5.74, 6) is 1.02. The zero-order chi connectivity index (χ0) is 22.8. The molecule has 2 fully saturated rings. The number of anilines is 1. The SMILES string of the molecule is CN=C(NCCN1CCN(c2cccc(C)c2C)CC1)N1CCC(OCCCOC)CC1. The van der Waals surface area contributed by atoms with E-state index in [-0.39, 0.29) is 0 Å². The van der Waals surface area contributed by atoms with Crippen LogP contribution in [0.3, 0.4) is 0 Å². The van der Waals surface area contributed by atoms with Crippen LogP contribution in [0, 0.1) is 13.8 Å². The predicted octanol–water partition coefficient (Wildman–Crippen LogP) is 2.52.